The summed E-state index contributed by atoms with van der Waals surface area (Å²) in [5.41, 5.74) is 0.0878. The van der Waals surface area contributed by atoms with Crippen LogP contribution in [0.4, 0.5) is 0 Å². The van der Waals surface area contributed by atoms with Crippen LogP contribution in [0.3, 0.4) is 0 Å². The van der Waals surface area contributed by atoms with Crippen LogP contribution < -0.4 is 4.74 Å². The van der Waals surface area contributed by atoms with Gasteiger partial charge in [-0.3, -0.25) is 4.57 Å². The van der Waals surface area contributed by atoms with Crippen LogP contribution in [0.25, 0.3) is 0 Å². The van der Waals surface area contributed by atoms with Gasteiger partial charge in [-0.2, -0.15) is 0 Å². The van der Waals surface area contributed by atoms with Crippen LogP contribution >= 0.6 is 19.2 Å². The van der Waals surface area contributed by atoms with Crippen LogP contribution in [0.5, 0.6) is 11.5 Å². The Balaban J connectivity index is 2.22. The zero-order valence-corrected chi connectivity index (χ0v) is 11.8. The number of hydrogen-bond acceptors (Lipinski definition) is 3. The highest BCUT2D eigenvalue weighted by atomic mass is 35.5. The summed E-state index contributed by atoms with van der Waals surface area (Å²) in [6, 6.07) is 12.6. The molecule has 3 N–H and O–H groups in total. The van der Waals surface area contributed by atoms with Crippen molar-refractivity contribution in [3.8, 4) is 11.5 Å². The van der Waals surface area contributed by atoms with Crippen LogP contribution in [0, 0.1) is 0 Å². The second-order valence-corrected chi connectivity index (χ2v) is 6.19. The summed E-state index contributed by atoms with van der Waals surface area (Å²) >= 11 is 5.76. The van der Waals surface area contributed by atoms with Crippen molar-refractivity contribution in [1.82, 2.24) is 0 Å². The van der Waals surface area contributed by atoms with Crippen LogP contribution in [0.2, 0.25) is 5.02 Å². The van der Waals surface area contributed by atoms with Crippen LogP contribution in [0.1, 0.15) is 11.4 Å². The maximum absolute atomic E-state index is 11.0. The lowest BCUT2D eigenvalue weighted by molar-refractivity contribution is 0.205. The van der Waals surface area contributed by atoms with Gasteiger partial charge in [0.15, 0.2) is 5.85 Å². The zero-order chi connectivity index (χ0) is 14.8. The van der Waals surface area contributed by atoms with Gasteiger partial charge in [0.1, 0.15) is 11.5 Å². The molecule has 7 heteroatoms. The molecule has 0 aromatic heterocycles. The van der Waals surface area contributed by atoms with Crippen molar-refractivity contribution in [2.24, 2.45) is 0 Å². The Bertz CT molecular complexity index is 637. The first kappa shape index (κ1) is 15.0. The molecule has 0 aliphatic carbocycles. The van der Waals surface area contributed by atoms with E-state index in [1.165, 1.54) is 12.1 Å². The van der Waals surface area contributed by atoms with Crippen LogP contribution in [-0.2, 0) is 4.57 Å². The largest absolute Gasteiger partial charge is 0.457 e. The topological polar surface area (TPSA) is 87.0 Å². The molecular formula is C13H12ClO5P. The highest BCUT2D eigenvalue weighted by molar-refractivity contribution is 7.51. The van der Waals surface area contributed by atoms with Crippen molar-refractivity contribution < 1.29 is 24.2 Å². The Morgan fingerprint density at radius 2 is 1.70 bits per heavy atom. The predicted octanol–water partition coefficient (Wildman–Crippen LogP) is 3.30. The number of aliphatic hydroxyl groups excluding tert-OH is 1. The number of halogens is 1. The Morgan fingerprint density at radius 3 is 2.30 bits per heavy atom. The van der Waals surface area contributed by atoms with E-state index in [9.17, 15) is 9.67 Å². The van der Waals surface area contributed by atoms with E-state index in [-0.39, 0.29) is 5.56 Å². The third-order valence-electron chi connectivity index (χ3n) is 2.52. The van der Waals surface area contributed by atoms with E-state index in [0.29, 0.717) is 16.5 Å². The molecule has 106 valence electrons. The minimum atomic E-state index is -4.60. The molecule has 0 radical (unpaired) electrons. The summed E-state index contributed by atoms with van der Waals surface area (Å²) < 4.78 is 16.5. The molecule has 0 spiro atoms. The summed E-state index contributed by atoms with van der Waals surface area (Å²) in [5, 5.41) is 10.1. The fourth-order valence-electron chi connectivity index (χ4n) is 1.57. The first-order valence-electron chi connectivity index (χ1n) is 5.63. The SMILES string of the molecule is O=P(O)(O)C(O)c1cccc(Oc2ccc(Cl)cc2)c1. The van der Waals surface area contributed by atoms with Crippen molar-refractivity contribution in [2.75, 3.05) is 0 Å². The summed E-state index contributed by atoms with van der Waals surface area (Å²) in [5.74, 6) is -0.981. The zero-order valence-electron chi connectivity index (χ0n) is 10.2. The minimum Gasteiger partial charge on any atom is -0.457 e. The van der Waals surface area contributed by atoms with Crippen molar-refractivity contribution in [3.63, 3.8) is 0 Å². The lowest BCUT2D eigenvalue weighted by Crippen LogP contribution is -1.98. The van der Waals surface area contributed by atoms with Crippen molar-refractivity contribution in [2.45, 2.75) is 5.85 Å². The van der Waals surface area contributed by atoms with E-state index >= 15 is 0 Å². The quantitative estimate of drug-likeness (QED) is 0.754. The van der Waals surface area contributed by atoms with Gasteiger partial charge in [0, 0.05) is 5.02 Å². The fraction of sp³-hybridized carbons (Fsp3) is 0.0769. The Hall–Kier alpha value is -1.36. The van der Waals surface area contributed by atoms with E-state index in [2.05, 4.69) is 0 Å². The van der Waals surface area contributed by atoms with Crippen molar-refractivity contribution in [3.05, 3.63) is 59.1 Å². The third-order valence-corrected chi connectivity index (χ3v) is 3.71. The van der Waals surface area contributed by atoms with E-state index in [1.54, 1.807) is 36.4 Å². The summed E-state index contributed by atoms with van der Waals surface area (Å²) in [7, 11) is -4.60. The molecular weight excluding hydrogens is 303 g/mol. The summed E-state index contributed by atoms with van der Waals surface area (Å²) in [4.78, 5) is 17.9. The molecule has 0 saturated carbocycles. The monoisotopic (exact) mass is 314 g/mol. The Labute approximate surface area is 120 Å². The normalized spacial score (nSPS) is 13.0. The Kier molecular flexibility index (Phi) is 4.48. The van der Waals surface area contributed by atoms with Crippen molar-refractivity contribution in [1.29, 1.82) is 0 Å². The molecule has 0 heterocycles. The number of aliphatic hydroxyl groups is 1. The van der Waals surface area contributed by atoms with E-state index in [0.717, 1.165) is 0 Å². The lowest BCUT2D eigenvalue weighted by Gasteiger charge is -2.14. The molecule has 0 fully saturated rings. The summed E-state index contributed by atoms with van der Waals surface area (Å²) in [6.07, 6.45) is 0. The molecule has 20 heavy (non-hydrogen) atoms. The van der Waals surface area contributed by atoms with E-state index in [1.807, 2.05) is 0 Å². The second kappa shape index (κ2) is 5.95. The first-order valence-corrected chi connectivity index (χ1v) is 7.69. The molecule has 2 rings (SSSR count). The van der Waals surface area contributed by atoms with Gasteiger partial charge in [-0.25, -0.2) is 0 Å². The van der Waals surface area contributed by atoms with Gasteiger partial charge in [-0.1, -0.05) is 23.7 Å². The molecule has 1 unspecified atom stereocenters. The fourth-order valence-corrected chi connectivity index (χ4v) is 2.25. The molecule has 1 atom stereocenters. The van der Waals surface area contributed by atoms with Gasteiger partial charge in [0.05, 0.1) is 0 Å². The lowest BCUT2D eigenvalue weighted by atomic mass is 10.2. The highest BCUT2D eigenvalue weighted by Crippen LogP contribution is 2.50. The Morgan fingerprint density at radius 1 is 1.05 bits per heavy atom. The second-order valence-electron chi connectivity index (χ2n) is 4.09. The van der Waals surface area contributed by atoms with E-state index in [4.69, 9.17) is 26.1 Å². The summed E-state index contributed by atoms with van der Waals surface area (Å²) in [6.45, 7) is 0. The van der Waals surface area contributed by atoms with Gasteiger partial charge in [0.2, 0.25) is 0 Å². The molecule has 0 amide bonds. The van der Waals surface area contributed by atoms with Gasteiger partial charge in [0.25, 0.3) is 0 Å². The predicted molar refractivity (Wildman–Crippen MR) is 75.0 cm³/mol. The van der Waals surface area contributed by atoms with Gasteiger partial charge in [-0.05, 0) is 42.0 Å². The average molecular weight is 315 g/mol. The standard InChI is InChI=1S/C13H12ClO5P/c14-10-4-6-11(7-5-10)19-12-3-1-2-9(8-12)13(15)20(16,17)18/h1-8,13,15H,(H2,16,17,18). The van der Waals surface area contributed by atoms with Crippen LogP contribution in [-0.4, -0.2) is 14.9 Å². The smallest absolute Gasteiger partial charge is 0.358 e. The first-order chi connectivity index (χ1) is 9.36. The van der Waals surface area contributed by atoms with Gasteiger partial charge < -0.3 is 19.6 Å². The molecule has 0 aliphatic heterocycles. The maximum atomic E-state index is 11.0. The maximum Gasteiger partial charge on any atom is 0.358 e. The average Bonchev–Trinajstić information content (AvgIpc) is 2.40. The molecule has 0 saturated heterocycles. The van der Waals surface area contributed by atoms with Gasteiger partial charge >= 0.3 is 7.60 Å². The number of ether oxygens (including phenoxy) is 1. The number of rotatable bonds is 4. The minimum absolute atomic E-state index is 0.0878. The van der Waals surface area contributed by atoms with Crippen LogP contribution in [0.15, 0.2) is 48.5 Å². The molecule has 2 aromatic rings. The van der Waals surface area contributed by atoms with Gasteiger partial charge in [-0.15, -0.1) is 0 Å². The number of benzene rings is 2. The molecule has 0 aliphatic rings. The highest BCUT2D eigenvalue weighted by Gasteiger charge is 2.28. The molecule has 2 aromatic carbocycles. The molecule has 0 bridgehead atoms. The number of hydrogen-bond donors (Lipinski definition) is 3. The molecule has 5 nitrogen and oxygen atoms in total. The van der Waals surface area contributed by atoms with Crippen molar-refractivity contribution >= 4 is 19.2 Å². The van der Waals surface area contributed by atoms with E-state index < -0.39 is 13.4 Å². The third kappa shape index (κ3) is 3.82.